The van der Waals surface area contributed by atoms with E-state index in [-0.39, 0.29) is 5.41 Å². The maximum atomic E-state index is 6.30. The largest absolute Gasteiger partial charge is 0.438 e. The quantitative estimate of drug-likeness (QED) is 0.347. The average molecular weight is 432 g/mol. The maximum absolute atomic E-state index is 6.30. The lowest BCUT2D eigenvalue weighted by Crippen LogP contribution is -2.34. The van der Waals surface area contributed by atoms with Crippen molar-refractivity contribution in [3.05, 3.63) is 114 Å². The minimum Gasteiger partial charge on any atom is -0.438 e. The summed E-state index contributed by atoms with van der Waals surface area (Å²) in [5, 5.41) is 2.59. The molecule has 0 N–H and O–H groups in total. The van der Waals surface area contributed by atoms with E-state index in [1.165, 1.54) is 33.3 Å². The Hall–Kier alpha value is -3.85. The van der Waals surface area contributed by atoms with Gasteiger partial charge in [-0.05, 0) is 47.9 Å². The van der Waals surface area contributed by atoms with Crippen molar-refractivity contribution in [3.63, 3.8) is 0 Å². The zero-order valence-electron chi connectivity index (χ0n) is 19.2. The molecule has 0 bridgehead atoms. The average Bonchev–Trinajstić information content (AvgIpc) is 3.27. The third kappa shape index (κ3) is 3.00. The van der Waals surface area contributed by atoms with Crippen molar-refractivity contribution in [3.8, 4) is 5.75 Å². The Kier molecular flexibility index (Phi) is 4.41. The summed E-state index contributed by atoms with van der Waals surface area (Å²) >= 11 is 0. The number of allylic oxidation sites excluding steroid dienone is 1. The van der Waals surface area contributed by atoms with Crippen LogP contribution in [-0.2, 0) is 11.8 Å². The number of benzene rings is 4. The number of hydrogen-bond donors (Lipinski definition) is 0. The lowest BCUT2D eigenvalue weighted by atomic mass is 9.73. The molecule has 6 rings (SSSR count). The fourth-order valence-corrected chi connectivity index (χ4v) is 5.55. The highest BCUT2D eigenvalue weighted by atomic mass is 16.5. The van der Waals surface area contributed by atoms with Crippen LogP contribution in [0.2, 0.25) is 0 Å². The second-order valence-corrected chi connectivity index (χ2v) is 9.23. The van der Waals surface area contributed by atoms with Gasteiger partial charge in [-0.1, -0.05) is 66.7 Å². The molecule has 4 aromatic carbocycles. The van der Waals surface area contributed by atoms with Gasteiger partial charge in [0.25, 0.3) is 0 Å². The summed E-state index contributed by atoms with van der Waals surface area (Å²) in [6, 6.07) is 32.2. The number of nitrogens with zero attached hydrogens (tertiary/aromatic N) is 2. The molecule has 0 amide bonds. The smallest absolute Gasteiger partial charge is 0.210 e. The molecule has 0 saturated carbocycles. The number of rotatable bonds is 3. The standard InChI is InChI=1S/C30H27N2O/c1-30(20-21-11-5-4-6-12-21)27(19-28-32(3)24-15-9-10-16-26(24)33-28)31(2)25-18-17-22-13-7-8-14-23(22)29(25)30/h4-19H,20H2,1-3H3/q+1. The van der Waals surface area contributed by atoms with Crippen molar-refractivity contribution in [1.82, 2.24) is 0 Å². The maximum Gasteiger partial charge on any atom is 0.210 e. The first-order valence-corrected chi connectivity index (χ1v) is 11.5. The van der Waals surface area contributed by atoms with Crippen LogP contribution in [0, 0.1) is 0 Å². The Labute approximate surface area is 194 Å². The number of hydrogen-bond acceptors (Lipinski definition) is 2. The van der Waals surface area contributed by atoms with E-state index < -0.39 is 0 Å². The van der Waals surface area contributed by atoms with Gasteiger partial charge in [-0.15, -0.1) is 0 Å². The Balaban J connectivity index is 1.55. The van der Waals surface area contributed by atoms with Crippen molar-refractivity contribution in [2.24, 2.45) is 0 Å². The van der Waals surface area contributed by atoms with Crippen molar-refractivity contribution < 1.29 is 9.31 Å². The molecule has 1 atom stereocenters. The van der Waals surface area contributed by atoms with Gasteiger partial charge in [0.15, 0.2) is 11.5 Å². The first-order chi connectivity index (χ1) is 16.1. The van der Waals surface area contributed by atoms with Crippen LogP contribution in [0.15, 0.2) is 103 Å². The predicted octanol–water partition coefficient (Wildman–Crippen LogP) is 6.44. The Bertz CT molecular complexity index is 1450. The molecule has 2 heterocycles. The molecule has 3 nitrogen and oxygen atoms in total. The van der Waals surface area contributed by atoms with Crippen LogP contribution >= 0.6 is 0 Å². The summed E-state index contributed by atoms with van der Waals surface area (Å²) in [4.78, 5) is 2.14. The molecular weight excluding hydrogens is 404 g/mol. The molecule has 0 spiro atoms. The van der Waals surface area contributed by atoms with Gasteiger partial charge in [0.05, 0.1) is 17.2 Å². The lowest BCUT2D eigenvalue weighted by Gasteiger charge is -2.24. The minimum absolute atomic E-state index is 0.210. The van der Waals surface area contributed by atoms with E-state index in [2.05, 4.69) is 115 Å². The molecule has 2 aliphatic heterocycles. The number of fused-ring (bicyclic) bond motifs is 4. The molecule has 0 aromatic heterocycles. The molecule has 0 aliphatic carbocycles. The van der Waals surface area contributed by atoms with Crippen LogP contribution in [0.3, 0.4) is 0 Å². The van der Waals surface area contributed by atoms with Crippen molar-refractivity contribution in [2.75, 3.05) is 19.0 Å². The molecule has 0 saturated heterocycles. The van der Waals surface area contributed by atoms with Gasteiger partial charge < -0.3 is 9.64 Å². The van der Waals surface area contributed by atoms with Crippen molar-refractivity contribution in [2.45, 2.75) is 18.8 Å². The second kappa shape index (κ2) is 7.35. The van der Waals surface area contributed by atoms with E-state index in [0.717, 1.165) is 23.7 Å². The first-order valence-electron chi connectivity index (χ1n) is 11.5. The third-order valence-electron chi connectivity index (χ3n) is 7.18. The fourth-order valence-electron chi connectivity index (χ4n) is 5.55. The second-order valence-electron chi connectivity index (χ2n) is 9.23. The highest BCUT2D eigenvalue weighted by molar-refractivity contribution is 6.08. The highest BCUT2D eigenvalue weighted by Gasteiger charge is 2.48. The number of ether oxygens (including phenoxy) is 1. The number of anilines is 1. The van der Waals surface area contributed by atoms with Crippen LogP contribution in [0.5, 0.6) is 5.75 Å². The Morgan fingerprint density at radius 3 is 2.42 bits per heavy atom. The van der Waals surface area contributed by atoms with Crippen molar-refractivity contribution >= 4 is 27.9 Å². The third-order valence-corrected chi connectivity index (χ3v) is 7.18. The van der Waals surface area contributed by atoms with Crippen LogP contribution in [-0.4, -0.2) is 24.4 Å². The van der Waals surface area contributed by atoms with Gasteiger partial charge in [-0.2, -0.15) is 4.58 Å². The molecule has 0 fully saturated rings. The molecular formula is C30H27N2O+. The monoisotopic (exact) mass is 431 g/mol. The van der Waals surface area contributed by atoms with Gasteiger partial charge in [0.1, 0.15) is 7.05 Å². The summed E-state index contributed by atoms with van der Waals surface area (Å²) in [7, 11) is 4.25. The van der Waals surface area contributed by atoms with E-state index >= 15 is 0 Å². The predicted molar refractivity (Wildman–Crippen MR) is 136 cm³/mol. The molecule has 33 heavy (non-hydrogen) atoms. The Morgan fingerprint density at radius 1 is 0.879 bits per heavy atom. The Morgan fingerprint density at radius 2 is 1.61 bits per heavy atom. The van der Waals surface area contributed by atoms with E-state index in [1.54, 1.807) is 0 Å². The van der Waals surface area contributed by atoms with E-state index in [0.29, 0.717) is 0 Å². The molecule has 0 radical (unpaired) electrons. The summed E-state index contributed by atoms with van der Waals surface area (Å²) in [6.45, 7) is 2.38. The normalized spacial score (nSPS) is 20.3. The zero-order chi connectivity index (χ0) is 22.6. The summed E-state index contributed by atoms with van der Waals surface area (Å²) < 4.78 is 8.64. The van der Waals surface area contributed by atoms with Crippen LogP contribution < -0.4 is 9.64 Å². The van der Waals surface area contributed by atoms with E-state index in [1.807, 2.05) is 12.1 Å². The molecule has 2 aliphatic rings. The lowest BCUT2D eigenvalue weighted by molar-refractivity contribution is -0.401. The first kappa shape index (κ1) is 19.8. The van der Waals surface area contributed by atoms with Gasteiger partial charge in [0.2, 0.25) is 11.6 Å². The summed E-state index contributed by atoms with van der Waals surface area (Å²) in [5.41, 5.74) is 6.10. The molecule has 4 aromatic rings. The number of para-hydroxylation sites is 2. The van der Waals surface area contributed by atoms with Crippen LogP contribution in [0.4, 0.5) is 11.4 Å². The van der Waals surface area contributed by atoms with Gasteiger partial charge in [-0.25, -0.2) is 0 Å². The molecule has 1 unspecified atom stereocenters. The highest BCUT2D eigenvalue weighted by Crippen LogP contribution is 2.47. The molecule has 162 valence electrons. The van der Waals surface area contributed by atoms with Crippen molar-refractivity contribution in [1.29, 1.82) is 0 Å². The van der Waals surface area contributed by atoms with Gasteiger partial charge in [-0.3, -0.25) is 0 Å². The summed E-state index contributed by atoms with van der Waals surface area (Å²) in [5.74, 6) is 1.76. The summed E-state index contributed by atoms with van der Waals surface area (Å²) in [6.07, 6.45) is 3.15. The van der Waals surface area contributed by atoms with E-state index in [9.17, 15) is 0 Å². The fraction of sp³-hybridized carbons (Fsp3) is 0.167. The van der Waals surface area contributed by atoms with Gasteiger partial charge in [0, 0.05) is 18.7 Å². The SMILES string of the molecule is CN1/C(=C/C2=[N+](C)c3ccc4ccccc4c3C2(C)Cc2ccccc2)Oc2ccccc21. The molecule has 3 heteroatoms. The minimum atomic E-state index is -0.210. The van der Waals surface area contributed by atoms with Crippen LogP contribution in [0.1, 0.15) is 18.1 Å². The van der Waals surface area contributed by atoms with E-state index in [4.69, 9.17) is 4.74 Å². The van der Waals surface area contributed by atoms with Gasteiger partial charge >= 0.3 is 0 Å². The topological polar surface area (TPSA) is 15.5 Å². The zero-order valence-corrected chi connectivity index (χ0v) is 19.2. The van der Waals surface area contributed by atoms with Crippen LogP contribution in [0.25, 0.3) is 10.8 Å².